The molecular weight excluding hydrogens is 173 g/mol. The van der Waals surface area contributed by atoms with E-state index in [4.69, 9.17) is 14.7 Å². The Morgan fingerprint density at radius 1 is 1.46 bits per heavy atom. The van der Waals surface area contributed by atoms with E-state index in [9.17, 15) is 4.39 Å². The Labute approximate surface area is 74.3 Å². The Morgan fingerprint density at radius 2 is 2.31 bits per heavy atom. The van der Waals surface area contributed by atoms with Gasteiger partial charge in [0.05, 0.1) is 12.2 Å². The maximum absolute atomic E-state index is 13.0. The van der Waals surface area contributed by atoms with Crippen molar-refractivity contribution in [1.82, 2.24) is 0 Å². The second-order valence-electron chi connectivity index (χ2n) is 2.66. The summed E-state index contributed by atoms with van der Waals surface area (Å²) in [6, 6.07) is 4.42. The Kier molecular flexibility index (Phi) is 1.87. The number of nitriles is 1. The topological polar surface area (TPSA) is 42.2 Å². The molecule has 0 bridgehead atoms. The van der Waals surface area contributed by atoms with Crippen molar-refractivity contribution in [2.75, 3.05) is 6.79 Å². The predicted molar refractivity (Wildman–Crippen MR) is 41.4 cm³/mol. The molecule has 1 aromatic carbocycles. The Bertz CT molecular complexity index is 384. The van der Waals surface area contributed by atoms with Crippen molar-refractivity contribution in [1.29, 1.82) is 5.26 Å². The van der Waals surface area contributed by atoms with Gasteiger partial charge in [0.1, 0.15) is 17.6 Å². The zero-order valence-electron chi connectivity index (χ0n) is 6.71. The summed E-state index contributed by atoms with van der Waals surface area (Å²) >= 11 is 0. The average molecular weight is 179 g/mol. The number of hydrogen-bond donors (Lipinski definition) is 0. The van der Waals surface area contributed by atoms with Gasteiger partial charge in [0.2, 0.25) is 0 Å². The molecule has 13 heavy (non-hydrogen) atoms. The van der Waals surface area contributed by atoms with Gasteiger partial charge < -0.3 is 9.47 Å². The molecule has 0 radical (unpaired) electrons. The molecule has 1 aliphatic rings. The summed E-state index contributed by atoms with van der Waals surface area (Å²) < 4.78 is 23.1. The number of rotatable bonds is 0. The summed E-state index contributed by atoms with van der Waals surface area (Å²) in [6.45, 7) is 0.488. The van der Waals surface area contributed by atoms with Gasteiger partial charge in [0.15, 0.2) is 6.79 Å². The van der Waals surface area contributed by atoms with Crippen LogP contribution in [0.1, 0.15) is 11.1 Å². The zero-order chi connectivity index (χ0) is 9.26. The normalized spacial score (nSPS) is 14.2. The minimum absolute atomic E-state index is 0.000602. The van der Waals surface area contributed by atoms with Gasteiger partial charge in [0, 0.05) is 11.6 Å². The summed E-state index contributed by atoms with van der Waals surface area (Å²) in [5, 5.41) is 8.54. The van der Waals surface area contributed by atoms with E-state index in [0.717, 1.165) is 0 Å². The molecule has 0 aliphatic carbocycles. The molecule has 3 nitrogen and oxygen atoms in total. The fourth-order valence-electron chi connectivity index (χ4n) is 1.18. The highest BCUT2D eigenvalue weighted by atomic mass is 19.1. The fourth-order valence-corrected chi connectivity index (χ4v) is 1.18. The highest BCUT2D eigenvalue weighted by Gasteiger charge is 2.14. The molecule has 0 unspecified atom stereocenters. The summed E-state index contributed by atoms with van der Waals surface area (Å²) in [7, 11) is 0. The minimum Gasteiger partial charge on any atom is -0.467 e. The predicted octanol–water partition coefficient (Wildman–Crippen LogP) is 1.56. The lowest BCUT2D eigenvalue weighted by Crippen LogP contribution is -2.11. The Hall–Kier alpha value is -1.60. The third-order valence-corrected chi connectivity index (χ3v) is 1.83. The van der Waals surface area contributed by atoms with Crippen molar-refractivity contribution in [3.8, 4) is 11.8 Å². The molecule has 4 heteroatoms. The monoisotopic (exact) mass is 179 g/mol. The number of halogens is 1. The average Bonchev–Trinajstić information content (AvgIpc) is 2.17. The molecule has 1 heterocycles. The molecule has 0 saturated heterocycles. The fraction of sp³-hybridized carbons (Fsp3) is 0.222. The quantitative estimate of drug-likeness (QED) is 0.607. The summed E-state index contributed by atoms with van der Waals surface area (Å²) in [4.78, 5) is 0. The maximum atomic E-state index is 13.0. The van der Waals surface area contributed by atoms with E-state index < -0.39 is 5.82 Å². The first kappa shape index (κ1) is 8.02. The third kappa shape index (κ3) is 1.34. The van der Waals surface area contributed by atoms with Crippen molar-refractivity contribution < 1.29 is 13.9 Å². The van der Waals surface area contributed by atoms with Crippen molar-refractivity contribution in [2.24, 2.45) is 0 Å². The highest BCUT2D eigenvalue weighted by Crippen LogP contribution is 2.26. The van der Waals surface area contributed by atoms with Crippen LogP contribution in [0.25, 0.3) is 0 Å². The Morgan fingerprint density at radius 3 is 3.08 bits per heavy atom. The largest absolute Gasteiger partial charge is 0.467 e. The van der Waals surface area contributed by atoms with Crippen LogP contribution >= 0.6 is 0 Å². The van der Waals surface area contributed by atoms with Crippen LogP contribution in [0.5, 0.6) is 5.75 Å². The zero-order valence-corrected chi connectivity index (χ0v) is 6.71. The lowest BCUT2D eigenvalue weighted by molar-refractivity contribution is -0.0166. The first-order valence-electron chi connectivity index (χ1n) is 3.74. The van der Waals surface area contributed by atoms with Gasteiger partial charge in [-0.3, -0.25) is 0 Å². The van der Waals surface area contributed by atoms with Crippen molar-refractivity contribution in [2.45, 2.75) is 6.61 Å². The van der Waals surface area contributed by atoms with Crippen LogP contribution in [0.4, 0.5) is 4.39 Å². The second kappa shape index (κ2) is 3.04. The van der Waals surface area contributed by atoms with Crippen molar-refractivity contribution in [3.63, 3.8) is 0 Å². The molecule has 2 rings (SSSR count). The molecule has 1 aliphatic heterocycles. The molecule has 0 atom stereocenters. The van der Waals surface area contributed by atoms with Gasteiger partial charge in [-0.25, -0.2) is 4.39 Å². The van der Waals surface area contributed by atoms with Crippen LogP contribution in [-0.2, 0) is 11.3 Å². The van der Waals surface area contributed by atoms with E-state index in [1.54, 1.807) is 6.07 Å². The third-order valence-electron chi connectivity index (χ3n) is 1.83. The number of ether oxygens (including phenoxy) is 2. The molecule has 0 spiro atoms. The van der Waals surface area contributed by atoms with Gasteiger partial charge in [0.25, 0.3) is 0 Å². The van der Waals surface area contributed by atoms with Gasteiger partial charge in [-0.2, -0.15) is 5.26 Å². The van der Waals surface area contributed by atoms with Crippen LogP contribution in [0.15, 0.2) is 12.1 Å². The minimum atomic E-state index is -0.532. The Balaban J connectivity index is 2.52. The standard InChI is InChI=1S/C9H6FNO2/c10-8-1-7-4-12-5-13-9(7)2-6(8)3-11/h1-2H,4-5H2. The molecule has 66 valence electrons. The van der Waals surface area contributed by atoms with E-state index >= 15 is 0 Å². The van der Waals surface area contributed by atoms with Gasteiger partial charge in [-0.05, 0) is 6.07 Å². The molecule has 0 saturated carbocycles. The maximum Gasteiger partial charge on any atom is 0.189 e. The SMILES string of the molecule is N#Cc1cc2c(cc1F)COCO2. The smallest absolute Gasteiger partial charge is 0.189 e. The first-order chi connectivity index (χ1) is 6.31. The van der Waals surface area contributed by atoms with Crippen molar-refractivity contribution in [3.05, 3.63) is 29.1 Å². The van der Waals surface area contributed by atoms with Crippen LogP contribution < -0.4 is 4.74 Å². The summed E-state index contributed by atoms with van der Waals surface area (Å²) in [5.41, 5.74) is 0.642. The molecule has 0 amide bonds. The molecule has 0 aromatic heterocycles. The van der Waals surface area contributed by atoms with Crippen LogP contribution in [-0.4, -0.2) is 6.79 Å². The number of nitrogens with zero attached hydrogens (tertiary/aromatic N) is 1. The second-order valence-corrected chi connectivity index (χ2v) is 2.66. The number of fused-ring (bicyclic) bond motifs is 1. The lowest BCUT2D eigenvalue weighted by atomic mass is 10.1. The van der Waals surface area contributed by atoms with Gasteiger partial charge >= 0.3 is 0 Å². The van der Waals surface area contributed by atoms with Crippen LogP contribution in [0.2, 0.25) is 0 Å². The lowest BCUT2D eigenvalue weighted by Gasteiger charge is -2.17. The van der Waals surface area contributed by atoms with Crippen LogP contribution in [0, 0.1) is 17.1 Å². The van der Waals surface area contributed by atoms with E-state index in [-0.39, 0.29) is 12.4 Å². The molecule has 0 N–H and O–H groups in total. The van der Waals surface area contributed by atoms with Crippen molar-refractivity contribution >= 4 is 0 Å². The number of hydrogen-bond acceptors (Lipinski definition) is 3. The van der Waals surface area contributed by atoms with E-state index in [1.807, 2.05) is 0 Å². The van der Waals surface area contributed by atoms with Gasteiger partial charge in [-0.1, -0.05) is 0 Å². The molecule has 0 fully saturated rings. The molecule has 1 aromatic rings. The molecular formula is C9H6FNO2. The van der Waals surface area contributed by atoms with E-state index in [1.165, 1.54) is 12.1 Å². The van der Waals surface area contributed by atoms with Gasteiger partial charge in [-0.15, -0.1) is 0 Å². The van der Waals surface area contributed by atoms with E-state index in [2.05, 4.69) is 0 Å². The van der Waals surface area contributed by atoms with E-state index in [0.29, 0.717) is 17.9 Å². The first-order valence-corrected chi connectivity index (χ1v) is 3.74. The highest BCUT2D eigenvalue weighted by molar-refractivity contribution is 5.43. The van der Waals surface area contributed by atoms with Crippen LogP contribution in [0.3, 0.4) is 0 Å². The summed E-state index contributed by atoms with van der Waals surface area (Å²) in [6.07, 6.45) is 0. The number of benzene rings is 1. The summed E-state index contributed by atoms with van der Waals surface area (Å²) in [5.74, 6) is -0.000417.